The summed E-state index contributed by atoms with van der Waals surface area (Å²) in [5.41, 5.74) is 0.611. The molecule has 0 aliphatic carbocycles. The largest absolute Gasteiger partial charge is 0.493 e. The number of nitrogens with zero attached hydrogens (tertiary/aromatic N) is 2. The number of hydrogen-bond acceptors (Lipinski definition) is 7. The Bertz CT molecular complexity index is 928. The first-order chi connectivity index (χ1) is 15.7. The van der Waals surface area contributed by atoms with Crippen molar-refractivity contribution in [1.82, 2.24) is 15.2 Å². The summed E-state index contributed by atoms with van der Waals surface area (Å²) < 4.78 is 21.5. The van der Waals surface area contributed by atoms with Crippen molar-refractivity contribution in [2.24, 2.45) is 0 Å². The van der Waals surface area contributed by atoms with Crippen LogP contribution in [0, 0.1) is 0 Å². The monoisotopic (exact) mass is 459 g/mol. The molecule has 0 spiro atoms. The van der Waals surface area contributed by atoms with Gasteiger partial charge in [-0.2, -0.15) is 0 Å². The number of ether oxygens (including phenoxy) is 4. The lowest BCUT2D eigenvalue weighted by atomic mass is 10.1. The normalized spacial score (nSPS) is 10.8. The molecule has 0 radical (unpaired) electrons. The van der Waals surface area contributed by atoms with Crippen LogP contribution in [0.15, 0.2) is 36.7 Å². The molecule has 33 heavy (non-hydrogen) atoms. The van der Waals surface area contributed by atoms with Gasteiger partial charge in [0.1, 0.15) is 5.60 Å². The zero-order valence-corrected chi connectivity index (χ0v) is 20.1. The maximum atomic E-state index is 12.7. The second-order valence-electron chi connectivity index (χ2n) is 8.25. The molecule has 180 valence electrons. The third kappa shape index (κ3) is 7.55. The first kappa shape index (κ1) is 25.8. The number of benzene rings is 1. The molecule has 9 heteroatoms. The maximum absolute atomic E-state index is 12.7. The Balaban J connectivity index is 2.02. The summed E-state index contributed by atoms with van der Waals surface area (Å²) in [5, 5.41) is 2.86. The lowest BCUT2D eigenvalue weighted by Gasteiger charge is -2.27. The number of amides is 2. The first-order valence-electron chi connectivity index (χ1n) is 10.6. The van der Waals surface area contributed by atoms with E-state index in [1.807, 2.05) is 32.9 Å². The third-order valence-electron chi connectivity index (χ3n) is 4.59. The van der Waals surface area contributed by atoms with Gasteiger partial charge >= 0.3 is 6.09 Å². The van der Waals surface area contributed by atoms with Crippen LogP contribution in [0.5, 0.6) is 17.2 Å². The van der Waals surface area contributed by atoms with E-state index in [0.29, 0.717) is 48.9 Å². The van der Waals surface area contributed by atoms with Gasteiger partial charge in [-0.05, 0) is 51.0 Å². The highest BCUT2D eigenvalue weighted by Gasteiger charge is 2.23. The molecule has 1 heterocycles. The van der Waals surface area contributed by atoms with Crippen LogP contribution < -0.4 is 19.5 Å². The lowest BCUT2D eigenvalue weighted by Crippen LogP contribution is -2.38. The molecule has 0 aliphatic heterocycles. The van der Waals surface area contributed by atoms with Crippen molar-refractivity contribution in [3.8, 4) is 17.2 Å². The Labute approximate surface area is 195 Å². The Morgan fingerprint density at radius 2 is 1.76 bits per heavy atom. The summed E-state index contributed by atoms with van der Waals surface area (Å²) >= 11 is 0. The SMILES string of the molecule is COc1ccc(C(=O)NCCCN(Cc2cccnc2)C(=O)OC(C)(C)C)c(OC)c1OC. The van der Waals surface area contributed by atoms with E-state index in [1.54, 1.807) is 29.4 Å². The second-order valence-corrected chi connectivity index (χ2v) is 8.25. The zero-order valence-electron chi connectivity index (χ0n) is 20.1. The zero-order chi connectivity index (χ0) is 24.4. The minimum Gasteiger partial charge on any atom is -0.493 e. The molecule has 0 fully saturated rings. The van der Waals surface area contributed by atoms with Crippen molar-refractivity contribution in [1.29, 1.82) is 0 Å². The van der Waals surface area contributed by atoms with E-state index in [0.717, 1.165) is 5.56 Å². The number of hydrogen-bond donors (Lipinski definition) is 1. The Kier molecular flexibility index (Phi) is 9.32. The van der Waals surface area contributed by atoms with Crippen molar-refractivity contribution < 1.29 is 28.5 Å². The van der Waals surface area contributed by atoms with E-state index in [1.165, 1.54) is 21.3 Å². The van der Waals surface area contributed by atoms with Crippen LogP contribution >= 0.6 is 0 Å². The average molecular weight is 460 g/mol. The minimum absolute atomic E-state index is 0.293. The van der Waals surface area contributed by atoms with Gasteiger partial charge in [0.2, 0.25) is 5.75 Å². The highest BCUT2D eigenvalue weighted by molar-refractivity contribution is 5.98. The fourth-order valence-corrected chi connectivity index (χ4v) is 3.12. The molecule has 0 bridgehead atoms. The number of carbonyl (C=O) groups excluding carboxylic acids is 2. The molecule has 0 aliphatic rings. The number of nitrogens with one attached hydrogen (secondary N) is 1. The quantitative estimate of drug-likeness (QED) is 0.541. The number of pyridine rings is 1. The van der Waals surface area contributed by atoms with Gasteiger partial charge < -0.3 is 29.2 Å². The van der Waals surface area contributed by atoms with E-state index >= 15 is 0 Å². The average Bonchev–Trinajstić information content (AvgIpc) is 2.79. The standard InChI is InChI=1S/C24H33N3O6/c1-24(2,3)33-23(29)27(16-17-9-7-12-25-15-17)14-8-13-26-22(28)18-10-11-19(30-4)21(32-6)20(18)31-5/h7,9-12,15H,8,13-14,16H2,1-6H3,(H,26,28). The molecular formula is C24H33N3O6. The van der Waals surface area contributed by atoms with Crippen molar-refractivity contribution in [3.05, 3.63) is 47.8 Å². The number of methoxy groups -OCH3 is 3. The molecule has 9 nitrogen and oxygen atoms in total. The van der Waals surface area contributed by atoms with Gasteiger partial charge in [-0.25, -0.2) is 4.79 Å². The third-order valence-corrected chi connectivity index (χ3v) is 4.59. The highest BCUT2D eigenvalue weighted by Crippen LogP contribution is 2.39. The van der Waals surface area contributed by atoms with E-state index in [9.17, 15) is 9.59 Å². The summed E-state index contributed by atoms with van der Waals surface area (Å²) in [6, 6.07) is 6.98. The van der Waals surface area contributed by atoms with E-state index in [-0.39, 0.29) is 5.91 Å². The second kappa shape index (κ2) is 11.9. The fraction of sp³-hybridized carbons (Fsp3) is 0.458. The van der Waals surface area contributed by atoms with Crippen molar-refractivity contribution in [2.45, 2.75) is 39.3 Å². The van der Waals surface area contributed by atoms with Crippen LogP contribution in [0.1, 0.15) is 43.1 Å². The molecule has 0 unspecified atom stereocenters. The molecule has 0 atom stereocenters. The molecule has 1 aromatic carbocycles. The van der Waals surface area contributed by atoms with Crippen LogP contribution in [-0.2, 0) is 11.3 Å². The van der Waals surface area contributed by atoms with Crippen LogP contribution in [0.3, 0.4) is 0 Å². The van der Waals surface area contributed by atoms with Crippen LogP contribution in [0.25, 0.3) is 0 Å². The molecule has 0 saturated carbocycles. The number of carbonyl (C=O) groups is 2. The van der Waals surface area contributed by atoms with Gasteiger partial charge in [-0.3, -0.25) is 9.78 Å². The minimum atomic E-state index is -0.609. The summed E-state index contributed by atoms with van der Waals surface area (Å²) in [6.45, 7) is 6.58. The van der Waals surface area contributed by atoms with Crippen LogP contribution in [-0.4, -0.2) is 61.9 Å². The van der Waals surface area contributed by atoms with Gasteiger partial charge in [0.05, 0.1) is 33.4 Å². The van der Waals surface area contributed by atoms with E-state index in [2.05, 4.69) is 10.3 Å². The number of aromatic nitrogens is 1. The molecule has 1 aromatic heterocycles. The molecule has 2 amide bonds. The van der Waals surface area contributed by atoms with Crippen molar-refractivity contribution in [2.75, 3.05) is 34.4 Å². The van der Waals surface area contributed by atoms with Gasteiger partial charge in [-0.1, -0.05) is 6.07 Å². The van der Waals surface area contributed by atoms with Crippen molar-refractivity contribution >= 4 is 12.0 Å². The maximum Gasteiger partial charge on any atom is 0.410 e. The molecule has 0 saturated heterocycles. The summed E-state index contributed by atoms with van der Waals surface area (Å²) in [4.78, 5) is 31.1. The predicted octanol–water partition coefficient (Wildman–Crippen LogP) is 3.66. The van der Waals surface area contributed by atoms with Gasteiger partial charge in [0.25, 0.3) is 5.91 Å². The smallest absolute Gasteiger partial charge is 0.410 e. The molecular weight excluding hydrogens is 426 g/mol. The predicted molar refractivity (Wildman–Crippen MR) is 124 cm³/mol. The van der Waals surface area contributed by atoms with Crippen LogP contribution in [0.2, 0.25) is 0 Å². The van der Waals surface area contributed by atoms with E-state index < -0.39 is 11.7 Å². The van der Waals surface area contributed by atoms with Gasteiger partial charge in [0, 0.05) is 25.5 Å². The summed E-state index contributed by atoms with van der Waals surface area (Å²) in [7, 11) is 4.46. The van der Waals surface area contributed by atoms with Crippen LogP contribution in [0.4, 0.5) is 4.79 Å². The Morgan fingerprint density at radius 1 is 1.03 bits per heavy atom. The highest BCUT2D eigenvalue weighted by atomic mass is 16.6. The molecule has 2 rings (SSSR count). The van der Waals surface area contributed by atoms with Crippen molar-refractivity contribution in [3.63, 3.8) is 0 Å². The summed E-state index contributed by atoms with van der Waals surface area (Å²) in [6.07, 6.45) is 3.50. The summed E-state index contributed by atoms with van der Waals surface area (Å²) in [5.74, 6) is 0.791. The first-order valence-corrected chi connectivity index (χ1v) is 10.6. The molecule has 2 aromatic rings. The Hall–Kier alpha value is -3.49. The van der Waals surface area contributed by atoms with Gasteiger partial charge in [0.15, 0.2) is 11.5 Å². The lowest BCUT2D eigenvalue weighted by molar-refractivity contribution is 0.0232. The van der Waals surface area contributed by atoms with E-state index in [4.69, 9.17) is 18.9 Å². The fourth-order valence-electron chi connectivity index (χ4n) is 3.12. The van der Waals surface area contributed by atoms with Gasteiger partial charge in [-0.15, -0.1) is 0 Å². The Morgan fingerprint density at radius 3 is 2.33 bits per heavy atom. The number of rotatable bonds is 10. The molecule has 1 N–H and O–H groups in total. The topological polar surface area (TPSA) is 99.2 Å².